The maximum Gasteiger partial charge on any atom is 0.202 e. The van der Waals surface area contributed by atoms with Crippen LogP contribution in [0.2, 0.25) is 0 Å². The zero-order valence-corrected chi connectivity index (χ0v) is 8.25. The average Bonchev–Trinajstić information content (AvgIpc) is 2.06. The van der Waals surface area contributed by atoms with E-state index in [-0.39, 0.29) is 0 Å². The lowest BCUT2D eigenvalue weighted by atomic mass is 10.0. The molecule has 0 radical (unpaired) electrons. The molecule has 2 N–H and O–H groups in total. The van der Waals surface area contributed by atoms with E-state index in [0.717, 1.165) is 5.57 Å². The number of rotatable bonds is 0. The van der Waals surface area contributed by atoms with E-state index in [0.29, 0.717) is 16.7 Å². The molecule has 1 aliphatic carbocycles. The van der Waals surface area contributed by atoms with Gasteiger partial charge in [-0.05, 0) is 33.7 Å². The molecule has 0 saturated carbocycles. The number of aliphatic hydroxyl groups excluding tert-OH is 1. The van der Waals surface area contributed by atoms with Gasteiger partial charge >= 0.3 is 0 Å². The van der Waals surface area contributed by atoms with Crippen molar-refractivity contribution < 1.29 is 9.50 Å². The number of fused-ring (bicyclic) bond motifs is 1. The summed E-state index contributed by atoms with van der Waals surface area (Å²) in [6.45, 7) is 0.448. The third kappa shape index (κ3) is 1.72. The number of hydrogen-bond acceptors (Lipinski definition) is 3. The highest BCUT2D eigenvalue weighted by molar-refractivity contribution is 9.12. The maximum absolute atomic E-state index is 13.0. The van der Waals surface area contributed by atoms with Crippen molar-refractivity contribution in [2.75, 3.05) is 6.54 Å². The van der Waals surface area contributed by atoms with Crippen LogP contribution in [0.5, 0.6) is 0 Å². The van der Waals surface area contributed by atoms with Gasteiger partial charge in [0.2, 0.25) is 6.35 Å². The first-order valence-corrected chi connectivity index (χ1v) is 4.68. The molecule has 1 heterocycles. The number of hydrogen-bond donors (Lipinski definition) is 2. The molecule has 0 saturated heterocycles. The average molecular weight is 247 g/mol. The van der Waals surface area contributed by atoms with Gasteiger partial charge in [0.25, 0.3) is 0 Å². The number of aliphatic hydroxyl groups is 1. The SMILES string of the molecule is OC1N=C2C(Br)=CC(F)C=C2CN1. The number of nitrogens with zero attached hydrogens (tertiary/aromatic N) is 1. The normalized spacial score (nSPS) is 33.0. The van der Waals surface area contributed by atoms with Crippen molar-refractivity contribution >= 4 is 21.6 Å². The molecular formula is C8H8BrFN2O. The molecule has 5 heteroatoms. The van der Waals surface area contributed by atoms with Gasteiger partial charge in [-0.1, -0.05) is 0 Å². The minimum Gasteiger partial charge on any atom is -0.360 e. The van der Waals surface area contributed by atoms with Crippen LogP contribution in [-0.2, 0) is 0 Å². The van der Waals surface area contributed by atoms with Crippen LogP contribution in [0.3, 0.4) is 0 Å². The zero-order chi connectivity index (χ0) is 9.42. The largest absolute Gasteiger partial charge is 0.360 e. The van der Waals surface area contributed by atoms with Crippen LogP contribution >= 0.6 is 15.9 Å². The summed E-state index contributed by atoms with van der Waals surface area (Å²) in [5.41, 5.74) is 1.42. The zero-order valence-electron chi connectivity index (χ0n) is 6.67. The highest BCUT2D eigenvalue weighted by atomic mass is 79.9. The second-order valence-electron chi connectivity index (χ2n) is 2.88. The topological polar surface area (TPSA) is 44.6 Å². The second kappa shape index (κ2) is 3.32. The molecule has 2 rings (SSSR count). The van der Waals surface area contributed by atoms with E-state index in [4.69, 9.17) is 5.11 Å². The molecule has 70 valence electrons. The number of halogens is 2. The molecule has 0 aromatic heterocycles. The Bertz CT molecular complexity index is 324. The first-order chi connectivity index (χ1) is 6.16. The van der Waals surface area contributed by atoms with Gasteiger partial charge in [-0.15, -0.1) is 0 Å². The monoisotopic (exact) mass is 246 g/mol. The summed E-state index contributed by atoms with van der Waals surface area (Å²) in [4.78, 5) is 3.93. The van der Waals surface area contributed by atoms with Gasteiger partial charge in [0.05, 0.1) is 5.71 Å². The van der Waals surface area contributed by atoms with Crippen LogP contribution < -0.4 is 5.32 Å². The molecule has 0 aromatic rings. The van der Waals surface area contributed by atoms with Crippen molar-refractivity contribution in [3.8, 4) is 0 Å². The fourth-order valence-electron chi connectivity index (χ4n) is 1.35. The highest BCUT2D eigenvalue weighted by Crippen LogP contribution is 2.24. The molecule has 0 fully saturated rings. The van der Waals surface area contributed by atoms with E-state index in [1.54, 1.807) is 0 Å². The second-order valence-corrected chi connectivity index (χ2v) is 3.74. The Balaban J connectivity index is 2.38. The molecule has 0 amide bonds. The molecule has 2 aliphatic rings. The maximum atomic E-state index is 13.0. The first kappa shape index (κ1) is 9.05. The Hall–Kier alpha value is -0.520. The number of allylic oxidation sites excluding steroid dienone is 3. The Morgan fingerprint density at radius 3 is 3.15 bits per heavy atom. The van der Waals surface area contributed by atoms with E-state index in [1.165, 1.54) is 12.2 Å². The fraction of sp³-hybridized carbons (Fsp3) is 0.375. The van der Waals surface area contributed by atoms with Gasteiger partial charge in [-0.25, -0.2) is 9.38 Å². The molecule has 0 bridgehead atoms. The van der Waals surface area contributed by atoms with Crippen molar-refractivity contribution in [3.63, 3.8) is 0 Å². The summed E-state index contributed by atoms with van der Waals surface area (Å²) in [7, 11) is 0. The summed E-state index contributed by atoms with van der Waals surface area (Å²) in [6.07, 6.45) is 0.952. The lowest BCUT2D eigenvalue weighted by Crippen LogP contribution is -2.37. The van der Waals surface area contributed by atoms with Crippen LogP contribution in [0.1, 0.15) is 0 Å². The van der Waals surface area contributed by atoms with Crippen LogP contribution in [0.4, 0.5) is 4.39 Å². The van der Waals surface area contributed by atoms with E-state index in [1.807, 2.05) is 0 Å². The quantitative estimate of drug-likeness (QED) is 0.666. The van der Waals surface area contributed by atoms with E-state index < -0.39 is 12.5 Å². The smallest absolute Gasteiger partial charge is 0.202 e. The van der Waals surface area contributed by atoms with E-state index in [2.05, 4.69) is 26.2 Å². The lowest BCUT2D eigenvalue weighted by Gasteiger charge is -2.23. The van der Waals surface area contributed by atoms with Crippen molar-refractivity contribution in [1.82, 2.24) is 5.32 Å². The number of nitrogens with one attached hydrogen (secondary N) is 1. The van der Waals surface area contributed by atoms with Gasteiger partial charge in [0.1, 0.15) is 6.17 Å². The minimum absolute atomic E-state index is 0.448. The minimum atomic E-state index is -1.07. The molecule has 2 atom stereocenters. The molecular weight excluding hydrogens is 239 g/mol. The third-order valence-electron chi connectivity index (χ3n) is 1.92. The molecule has 0 aromatic carbocycles. The Morgan fingerprint density at radius 2 is 2.38 bits per heavy atom. The standard InChI is InChI=1S/C8H8BrFN2O/c9-6-2-5(10)1-4-3-11-8(13)12-7(4)6/h1-2,5,8,11,13H,3H2. The lowest BCUT2D eigenvalue weighted by molar-refractivity contribution is 0.148. The van der Waals surface area contributed by atoms with Crippen molar-refractivity contribution in [2.45, 2.75) is 12.5 Å². The summed E-state index contributed by atoms with van der Waals surface area (Å²) in [6, 6.07) is 0. The van der Waals surface area contributed by atoms with Crippen LogP contribution in [0.25, 0.3) is 0 Å². The van der Waals surface area contributed by atoms with Crippen molar-refractivity contribution in [1.29, 1.82) is 0 Å². The molecule has 0 spiro atoms. The Morgan fingerprint density at radius 1 is 1.62 bits per heavy atom. The molecule has 1 aliphatic heterocycles. The van der Waals surface area contributed by atoms with Gasteiger partial charge < -0.3 is 5.11 Å². The van der Waals surface area contributed by atoms with Crippen molar-refractivity contribution in [3.05, 3.63) is 22.2 Å². The number of alkyl halides is 1. The molecule has 13 heavy (non-hydrogen) atoms. The summed E-state index contributed by atoms with van der Waals surface area (Å²) in [5.74, 6) is 0. The molecule has 2 unspecified atom stereocenters. The van der Waals surface area contributed by atoms with Crippen molar-refractivity contribution in [2.24, 2.45) is 4.99 Å². The number of aliphatic imine (C=N–C) groups is 1. The van der Waals surface area contributed by atoms with Gasteiger partial charge in [0.15, 0.2) is 0 Å². The summed E-state index contributed by atoms with van der Waals surface area (Å²) < 4.78 is 13.6. The summed E-state index contributed by atoms with van der Waals surface area (Å²) >= 11 is 3.21. The Kier molecular flexibility index (Phi) is 2.31. The fourth-order valence-corrected chi connectivity index (χ4v) is 1.96. The predicted molar refractivity (Wildman–Crippen MR) is 51.4 cm³/mol. The van der Waals surface area contributed by atoms with E-state index >= 15 is 0 Å². The van der Waals surface area contributed by atoms with Gasteiger partial charge in [0, 0.05) is 11.0 Å². The Labute approximate surface area is 83.2 Å². The van der Waals surface area contributed by atoms with Gasteiger partial charge in [-0.2, -0.15) is 0 Å². The first-order valence-electron chi connectivity index (χ1n) is 3.89. The van der Waals surface area contributed by atoms with E-state index in [9.17, 15) is 4.39 Å². The van der Waals surface area contributed by atoms with Crippen LogP contribution in [0.15, 0.2) is 27.2 Å². The van der Waals surface area contributed by atoms with Crippen LogP contribution in [0, 0.1) is 0 Å². The predicted octanol–water partition coefficient (Wildman–Crippen LogP) is 0.863. The third-order valence-corrected chi connectivity index (χ3v) is 2.56. The van der Waals surface area contributed by atoms with Gasteiger partial charge in [-0.3, -0.25) is 5.32 Å². The highest BCUT2D eigenvalue weighted by Gasteiger charge is 2.23. The molecule has 3 nitrogen and oxygen atoms in total. The summed E-state index contributed by atoms with van der Waals surface area (Å²) in [5, 5.41) is 11.9. The van der Waals surface area contributed by atoms with Crippen LogP contribution in [-0.4, -0.2) is 29.9 Å².